The van der Waals surface area contributed by atoms with Gasteiger partial charge >= 0.3 is 6.61 Å². The Labute approximate surface area is 236 Å². The van der Waals surface area contributed by atoms with Crippen molar-refractivity contribution in [1.29, 1.82) is 0 Å². The van der Waals surface area contributed by atoms with Gasteiger partial charge in [0.1, 0.15) is 6.04 Å². The molecule has 3 aliphatic rings. The molecule has 3 atom stereocenters. The van der Waals surface area contributed by atoms with Crippen LogP contribution in [0.1, 0.15) is 61.3 Å². The zero-order valence-corrected chi connectivity index (χ0v) is 23.3. The van der Waals surface area contributed by atoms with E-state index in [-0.39, 0.29) is 65.6 Å². The molecule has 2 heterocycles. The van der Waals surface area contributed by atoms with Crippen LogP contribution in [0, 0.1) is 11.8 Å². The summed E-state index contributed by atoms with van der Waals surface area (Å²) in [6.45, 7) is -0.911. The lowest BCUT2D eigenvalue weighted by Gasteiger charge is -2.25. The number of nitrogens with one attached hydrogen (secondary N) is 1. The highest BCUT2D eigenvalue weighted by atomic mass is 19.3. The largest absolute Gasteiger partial charge is 0.489 e. The topological polar surface area (TPSA) is 140 Å². The molecular formula is C28H35F2N5O6. The molecule has 0 spiro atoms. The van der Waals surface area contributed by atoms with Crippen LogP contribution in [-0.2, 0) is 9.59 Å². The number of likely N-dealkylation sites (tertiary alicyclic amines) is 1. The maximum Gasteiger partial charge on any atom is 0.387 e. The fourth-order valence-corrected chi connectivity index (χ4v) is 4.85. The lowest BCUT2D eigenvalue weighted by Crippen LogP contribution is -2.46. The van der Waals surface area contributed by atoms with Gasteiger partial charge in [-0.05, 0) is 63.1 Å². The number of likely N-dealkylation sites (N-methyl/N-ethyl adjacent to an activating group) is 1. The molecule has 0 radical (unpaired) electrons. The lowest BCUT2D eigenvalue weighted by molar-refractivity contribution is -0.132. The first-order valence-electron chi connectivity index (χ1n) is 13.8. The van der Waals surface area contributed by atoms with Gasteiger partial charge in [0.15, 0.2) is 23.0 Å². The number of ether oxygens (including phenoxy) is 2. The van der Waals surface area contributed by atoms with E-state index in [1.807, 2.05) is 0 Å². The van der Waals surface area contributed by atoms with Gasteiger partial charge < -0.3 is 34.7 Å². The molecule has 5 rings (SSSR count). The van der Waals surface area contributed by atoms with Gasteiger partial charge in [-0.1, -0.05) is 0 Å². The van der Waals surface area contributed by atoms with Crippen LogP contribution in [-0.4, -0.2) is 78.4 Å². The molecule has 0 bridgehead atoms. The molecule has 2 saturated carbocycles. The van der Waals surface area contributed by atoms with Crippen molar-refractivity contribution in [2.45, 2.75) is 63.8 Å². The number of hydrogen-bond donors (Lipinski definition) is 2. The molecule has 1 aliphatic heterocycles. The van der Waals surface area contributed by atoms with E-state index in [1.165, 1.54) is 28.0 Å². The molecule has 3 N–H and O–H groups in total. The average molecular weight is 576 g/mol. The molecule has 1 aromatic heterocycles. The van der Waals surface area contributed by atoms with Crippen molar-refractivity contribution in [3.63, 3.8) is 0 Å². The number of hydrogen-bond acceptors (Lipinski definition) is 8. The molecule has 1 aromatic carbocycles. The van der Waals surface area contributed by atoms with E-state index in [0.717, 1.165) is 25.7 Å². The minimum atomic E-state index is -3.03. The summed E-state index contributed by atoms with van der Waals surface area (Å²) < 4.78 is 42.3. The highest BCUT2D eigenvalue weighted by Crippen LogP contribution is 2.37. The van der Waals surface area contributed by atoms with E-state index in [4.69, 9.17) is 14.9 Å². The van der Waals surface area contributed by atoms with Gasteiger partial charge in [0, 0.05) is 38.2 Å². The number of nitrogens with zero attached hydrogens (tertiary/aromatic N) is 3. The number of nitrogens with two attached hydrogens (primary N) is 1. The van der Waals surface area contributed by atoms with Gasteiger partial charge in [0.2, 0.25) is 17.7 Å². The quantitative estimate of drug-likeness (QED) is 0.417. The van der Waals surface area contributed by atoms with E-state index in [2.05, 4.69) is 15.0 Å². The molecule has 41 heavy (non-hydrogen) atoms. The summed E-state index contributed by atoms with van der Waals surface area (Å²) in [5.41, 5.74) is 6.46. The van der Waals surface area contributed by atoms with E-state index < -0.39 is 24.6 Å². The predicted molar refractivity (Wildman–Crippen MR) is 142 cm³/mol. The summed E-state index contributed by atoms with van der Waals surface area (Å²) in [7, 11) is 3.21. The molecule has 2 aromatic rings. The molecule has 222 valence electrons. The second-order valence-corrected chi connectivity index (χ2v) is 11.2. The van der Waals surface area contributed by atoms with Crippen molar-refractivity contribution >= 4 is 17.7 Å². The van der Waals surface area contributed by atoms with Crippen molar-refractivity contribution in [3.05, 3.63) is 29.7 Å². The highest BCUT2D eigenvalue weighted by Gasteiger charge is 2.44. The summed E-state index contributed by atoms with van der Waals surface area (Å²) in [6, 6.07) is 2.36. The number of alkyl halides is 2. The Morgan fingerprint density at radius 2 is 1.93 bits per heavy atom. The summed E-state index contributed by atoms with van der Waals surface area (Å²) in [6.07, 6.45) is 3.96. The minimum Gasteiger partial charge on any atom is -0.489 e. The number of aromatic nitrogens is 1. The molecule has 0 unspecified atom stereocenters. The first-order chi connectivity index (χ1) is 19.5. The Morgan fingerprint density at radius 3 is 2.54 bits per heavy atom. The summed E-state index contributed by atoms with van der Waals surface area (Å²) in [4.78, 5) is 46.6. The maximum atomic E-state index is 13.9. The number of halogens is 2. The number of amides is 3. The van der Waals surface area contributed by atoms with Gasteiger partial charge in [-0.2, -0.15) is 8.78 Å². The Hall–Kier alpha value is -3.74. The van der Waals surface area contributed by atoms with Crippen molar-refractivity contribution in [3.8, 4) is 23.0 Å². The number of rotatable bonds is 11. The van der Waals surface area contributed by atoms with Crippen LogP contribution < -0.4 is 20.5 Å². The summed E-state index contributed by atoms with van der Waals surface area (Å²) in [5.74, 6) is -0.424. The van der Waals surface area contributed by atoms with E-state index in [9.17, 15) is 23.2 Å². The van der Waals surface area contributed by atoms with Crippen molar-refractivity contribution < 1.29 is 37.1 Å². The van der Waals surface area contributed by atoms with Crippen molar-refractivity contribution in [2.75, 3.05) is 27.2 Å². The minimum absolute atomic E-state index is 0.0128. The Balaban J connectivity index is 1.43. The Kier molecular flexibility index (Phi) is 8.16. The zero-order valence-electron chi connectivity index (χ0n) is 23.3. The normalized spacial score (nSPS) is 21.1. The van der Waals surface area contributed by atoms with Crippen LogP contribution in [0.15, 0.2) is 22.6 Å². The third-order valence-corrected chi connectivity index (χ3v) is 7.43. The van der Waals surface area contributed by atoms with Crippen LogP contribution in [0.4, 0.5) is 8.78 Å². The summed E-state index contributed by atoms with van der Waals surface area (Å²) in [5, 5.41) is 2.97. The Bertz CT molecular complexity index is 1310. The van der Waals surface area contributed by atoms with Gasteiger partial charge in [-0.3, -0.25) is 14.4 Å². The predicted octanol–water partition coefficient (Wildman–Crippen LogP) is 2.95. The van der Waals surface area contributed by atoms with Crippen molar-refractivity contribution in [2.24, 2.45) is 17.6 Å². The second-order valence-electron chi connectivity index (χ2n) is 11.2. The molecule has 2 aliphatic carbocycles. The fraction of sp³-hybridized carbons (Fsp3) is 0.571. The van der Waals surface area contributed by atoms with E-state index >= 15 is 0 Å². The summed E-state index contributed by atoms with van der Waals surface area (Å²) >= 11 is 0. The SMILES string of the molecule is C[C@H](N)c1oc(-c2ccc(OC(F)F)c(OCC3CC3)c2)nc1C(=O)N1C[C@H](NC(=O)C2CC2)C[C@H]1C(=O)N(C)C. The third-order valence-electron chi connectivity index (χ3n) is 7.43. The number of carbonyl (C=O) groups excluding carboxylic acids is 3. The lowest BCUT2D eigenvalue weighted by atomic mass is 10.1. The van der Waals surface area contributed by atoms with Gasteiger partial charge in [0.05, 0.1) is 12.6 Å². The standard InChI is InChI=1S/C28H35F2N5O6/c1-14(31)23-22(27(38)35-12-18(32-24(36)16-6-7-16)11-19(35)26(37)34(2)3)33-25(41-23)17-8-9-20(40-28(29)30)21(10-17)39-13-15-4-5-15/h8-10,14-16,18-19,28H,4-7,11-13,31H2,1-3H3,(H,32,36)/t14-,18+,19-/m0/s1. The monoisotopic (exact) mass is 575 g/mol. The molecule has 1 saturated heterocycles. The van der Waals surface area contributed by atoms with Crippen LogP contribution in [0.5, 0.6) is 11.5 Å². The van der Waals surface area contributed by atoms with Gasteiger partial charge in [-0.15, -0.1) is 0 Å². The molecular weight excluding hydrogens is 540 g/mol. The van der Waals surface area contributed by atoms with Crippen molar-refractivity contribution in [1.82, 2.24) is 20.1 Å². The molecule has 11 nitrogen and oxygen atoms in total. The van der Waals surface area contributed by atoms with Gasteiger partial charge in [-0.25, -0.2) is 4.98 Å². The number of benzene rings is 1. The average Bonchev–Trinajstić information content (AvgIpc) is 3.85. The first kappa shape index (κ1) is 28.8. The third kappa shape index (κ3) is 6.61. The molecule has 13 heteroatoms. The van der Waals surface area contributed by atoms with E-state index in [0.29, 0.717) is 18.1 Å². The molecule has 3 amide bonds. The first-order valence-corrected chi connectivity index (χ1v) is 13.8. The van der Waals surface area contributed by atoms with Crippen LogP contribution in [0.2, 0.25) is 0 Å². The van der Waals surface area contributed by atoms with Crippen LogP contribution in [0.3, 0.4) is 0 Å². The maximum absolute atomic E-state index is 13.9. The zero-order chi connectivity index (χ0) is 29.4. The second kappa shape index (κ2) is 11.6. The van der Waals surface area contributed by atoms with E-state index in [1.54, 1.807) is 21.0 Å². The number of carbonyl (C=O) groups is 3. The van der Waals surface area contributed by atoms with Gasteiger partial charge in [0.25, 0.3) is 5.91 Å². The highest BCUT2D eigenvalue weighted by molar-refractivity contribution is 5.98. The smallest absolute Gasteiger partial charge is 0.387 e. The Morgan fingerprint density at radius 1 is 1.20 bits per heavy atom. The number of oxazole rings is 1. The van der Waals surface area contributed by atoms with Crippen LogP contribution >= 0.6 is 0 Å². The van der Waals surface area contributed by atoms with Crippen LogP contribution in [0.25, 0.3) is 11.5 Å². The molecule has 3 fully saturated rings. The fourth-order valence-electron chi connectivity index (χ4n) is 4.85.